The van der Waals surface area contributed by atoms with Crippen LogP contribution in [0.4, 0.5) is 5.13 Å². The molecule has 1 N–H and O–H groups in total. The number of nitrogens with one attached hydrogen (secondary N) is 1. The van der Waals surface area contributed by atoms with Gasteiger partial charge in [0.05, 0.1) is 18.7 Å². The molecule has 1 amide bonds. The van der Waals surface area contributed by atoms with E-state index in [1.807, 2.05) is 0 Å². The number of esters is 1. The molecule has 0 aromatic carbocycles. The zero-order valence-corrected chi connectivity index (χ0v) is 12.6. The van der Waals surface area contributed by atoms with Crippen LogP contribution in [0.1, 0.15) is 25.6 Å². The molecular weight excluding hydrogens is 292 g/mol. The molecule has 0 saturated carbocycles. The van der Waals surface area contributed by atoms with Crippen LogP contribution in [-0.4, -0.2) is 33.2 Å². The van der Waals surface area contributed by atoms with Gasteiger partial charge in [-0.25, -0.2) is 4.98 Å². The average Bonchev–Trinajstić information content (AvgIpc) is 3.10. The Morgan fingerprint density at radius 2 is 2.33 bits per heavy atom. The minimum Gasteiger partial charge on any atom is -0.466 e. The number of ether oxygens (including phenoxy) is 1. The van der Waals surface area contributed by atoms with E-state index < -0.39 is 6.04 Å². The summed E-state index contributed by atoms with van der Waals surface area (Å²) in [5.41, 5.74) is 0.584. The molecule has 21 heavy (non-hydrogen) atoms. The molecule has 2 aromatic heterocycles. The number of nitrogens with zero attached hydrogens (tertiary/aromatic N) is 3. The van der Waals surface area contributed by atoms with Gasteiger partial charge in [-0.05, 0) is 19.9 Å². The normalized spacial score (nSPS) is 11.9. The molecule has 2 heterocycles. The van der Waals surface area contributed by atoms with E-state index in [9.17, 15) is 9.59 Å². The molecule has 1 unspecified atom stereocenters. The Kier molecular flexibility index (Phi) is 5.04. The van der Waals surface area contributed by atoms with Gasteiger partial charge in [-0.1, -0.05) is 0 Å². The second-order valence-corrected chi connectivity index (χ2v) is 5.14. The van der Waals surface area contributed by atoms with Crippen LogP contribution in [-0.2, 0) is 20.7 Å². The van der Waals surface area contributed by atoms with Gasteiger partial charge in [0.15, 0.2) is 5.13 Å². The molecule has 0 spiro atoms. The van der Waals surface area contributed by atoms with E-state index in [1.54, 1.807) is 42.4 Å². The zero-order valence-electron chi connectivity index (χ0n) is 11.8. The van der Waals surface area contributed by atoms with E-state index in [1.165, 1.54) is 11.3 Å². The Hall–Kier alpha value is -2.22. The summed E-state index contributed by atoms with van der Waals surface area (Å²) in [6.07, 6.45) is 3.44. The third-order valence-corrected chi connectivity index (χ3v) is 3.52. The highest BCUT2D eigenvalue weighted by atomic mass is 32.1. The van der Waals surface area contributed by atoms with Gasteiger partial charge in [-0.15, -0.1) is 11.3 Å². The van der Waals surface area contributed by atoms with Crippen molar-refractivity contribution in [3.63, 3.8) is 0 Å². The topological polar surface area (TPSA) is 86.1 Å². The molecule has 112 valence electrons. The molecular formula is C13H16N4O3S. The van der Waals surface area contributed by atoms with Crippen molar-refractivity contribution < 1.29 is 14.3 Å². The summed E-state index contributed by atoms with van der Waals surface area (Å²) < 4.78 is 6.41. The Balaban J connectivity index is 1.93. The fourth-order valence-electron chi connectivity index (χ4n) is 1.65. The lowest BCUT2D eigenvalue weighted by Gasteiger charge is -2.10. The van der Waals surface area contributed by atoms with Gasteiger partial charge in [0, 0.05) is 17.8 Å². The molecule has 8 heteroatoms. The molecule has 2 aromatic rings. The molecule has 0 aliphatic heterocycles. The van der Waals surface area contributed by atoms with Crippen molar-refractivity contribution in [3.8, 4) is 0 Å². The first kappa shape index (κ1) is 15.2. The maximum Gasteiger partial charge on any atom is 0.311 e. The molecule has 0 aliphatic carbocycles. The predicted molar refractivity (Wildman–Crippen MR) is 78.0 cm³/mol. The first-order valence-corrected chi connectivity index (χ1v) is 7.38. The number of amides is 1. The summed E-state index contributed by atoms with van der Waals surface area (Å²) >= 11 is 1.27. The summed E-state index contributed by atoms with van der Waals surface area (Å²) in [5, 5.41) is 8.92. The number of carbonyl (C=O) groups is 2. The highest BCUT2D eigenvalue weighted by molar-refractivity contribution is 7.13. The van der Waals surface area contributed by atoms with Gasteiger partial charge in [-0.3, -0.25) is 14.3 Å². The summed E-state index contributed by atoms with van der Waals surface area (Å²) in [6.45, 7) is 3.84. The molecule has 0 saturated heterocycles. The van der Waals surface area contributed by atoms with Crippen molar-refractivity contribution in [3.05, 3.63) is 29.5 Å². The van der Waals surface area contributed by atoms with Gasteiger partial charge in [0.25, 0.3) is 5.91 Å². The van der Waals surface area contributed by atoms with Crippen LogP contribution >= 0.6 is 11.3 Å². The lowest BCUT2D eigenvalue weighted by atomic mass is 10.3. The van der Waals surface area contributed by atoms with Crippen molar-refractivity contribution in [1.29, 1.82) is 0 Å². The fourth-order valence-corrected chi connectivity index (χ4v) is 2.36. The minimum atomic E-state index is -0.433. The number of hydrogen-bond donors (Lipinski definition) is 1. The van der Waals surface area contributed by atoms with Crippen LogP contribution < -0.4 is 5.32 Å². The fraction of sp³-hybridized carbons (Fsp3) is 0.385. The van der Waals surface area contributed by atoms with Gasteiger partial charge in [-0.2, -0.15) is 5.10 Å². The Labute approximate surface area is 125 Å². The van der Waals surface area contributed by atoms with Gasteiger partial charge >= 0.3 is 5.97 Å². The Bertz CT molecular complexity index is 609. The first-order chi connectivity index (χ1) is 10.1. The van der Waals surface area contributed by atoms with Crippen molar-refractivity contribution in [2.75, 3.05) is 11.9 Å². The summed E-state index contributed by atoms with van der Waals surface area (Å²) in [7, 11) is 0. The summed E-state index contributed by atoms with van der Waals surface area (Å²) in [5.74, 6) is -0.540. The minimum absolute atomic E-state index is 0.106. The molecule has 0 aliphatic rings. The van der Waals surface area contributed by atoms with Crippen molar-refractivity contribution in [2.45, 2.75) is 26.3 Å². The second-order valence-electron chi connectivity index (χ2n) is 4.28. The number of thiazole rings is 1. The van der Waals surface area contributed by atoms with Crippen LogP contribution in [0.2, 0.25) is 0 Å². The van der Waals surface area contributed by atoms with E-state index in [-0.39, 0.29) is 18.3 Å². The van der Waals surface area contributed by atoms with E-state index in [0.29, 0.717) is 17.4 Å². The maximum atomic E-state index is 12.0. The van der Waals surface area contributed by atoms with E-state index in [4.69, 9.17) is 4.74 Å². The summed E-state index contributed by atoms with van der Waals surface area (Å²) in [6, 6.07) is 1.32. The molecule has 2 rings (SSSR count). The molecule has 0 bridgehead atoms. The van der Waals surface area contributed by atoms with Crippen LogP contribution in [0.5, 0.6) is 0 Å². The van der Waals surface area contributed by atoms with Crippen molar-refractivity contribution in [1.82, 2.24) is 14.8 Å². The summed E-state index contributed by atoms with van der Waals surface area (Å²) in [4.78, 5) is 27.6. The average molecular weight is 308 g/mol. The number of hydrogen-bond acceptors (Lipinski definition) is 6. The Morgan fingerprint density at radius 1 is 1.52 bits per heavy atom. The second kappa shape index (κ2) is 6.98. The van der Waals surface area contributed by atoms with E-state index >= 15 is 0 Å². The van der Waals surface area contributed by atoms with Crippen LogP contribution in [0.25, 0.3) is 0 Å². The third kappa shape index (κ3) is 4.12. The quantitative estimate of drug-likeness (QED) is 0.820. The van der Waals surface area contributed by atoms with Crippen molar-refractivity contribution >= 4 is 28.3 Å². The number of carbonyl (C=O) groups excluding carboxylic acids is 2. The van der Waals surface area contributed by atoms with E-state index in [0.717, 1.165) is 0 Å². The molecule has 0 radical (unpaired) electrons. The lowest BCUT2D eigenvalue weighted by Crippen LogP contribution is -2.23. The van der Waals surface area contributed by atoms with Crippen molar-refractivity contribution in [2.24, 2.45) is 0 Å². The highest BCUT2D eigenvalue weighted by Crippen LogP contribution is 2.17. The smallest absolute Gasteiger partial charge is 0.311 e. The zero-order chi connectivity index (χ0) is 15.2. The van der Waals surface area contributed by atoms with Gasteiger partial charge in [0.1, 0.15) is 6.04 Å². The SMILES string of the molecule is CCOC(=O)Cc1csc(NC(=O)C(C)n2cccn2)n1. The van der Waals surface area contributed by atoms with E-state index in [2.05, 4.69) is 15.4 Å². The first-order valence-electron chi connectivity index (χ1n) is 6.50. The van der Waals surface area contributed by atoms with Crippen LogP contribution in [0.3, 0.4) is 0 Å². The largest absolute Gasteiger partial charge is 0.466 e. The van der Waals surface area contributed by atoms with Gasteiger partial charge in [0.2, 0.25) is 0 Å². The highest BCUT2D eigenvalue weighted by Gasteiger charge is 2.17. The maximum absolute atomic E-state index is 12.0. The predicted octanol–water partition coefficient (Wildman–Crippen LogP) is 1.64. The molecule has 7 nitrogen and oxygen atoms in total. The van der Waals surface area contributed by atoms with Crippen LogP contribution in [0.15, 0.2) is 23.8 Å². The Morgan fingerprint density at radius 3 is 3.00 bits per heavy atom. The number of rotatable bonds is 6. The standard InChI is InChI=1S/C13H16N4O3S/c1-3-20-11(18)7-10-8-21-13(15-10)16-12(19)9(2)17-6-4-5-14-17/h4-6,8-9H,3,7H2,1-2H3,(H,15,16,19). The molecule has 1 atom stereocenters. The third-order valence-electron chi connectivity index (χ3n) is 2.71. The monoisotopic (exact) mass is 308 g/mol. The lowest BCUT2D eigenvalue weighted by molar-refractivity contribution is -0.142. The molecule has 0 fully saturated rings. The number of aromatic nitrogens is 3. The van der Waals surface area contributed by atoms with Crippen LogP contribution in [0, 0.1) is 0 Å². The van der Waals surface area contributed by atoms with Gasteiger partial charge < -0.3 is 10.1 Å². The number of anilines is 1.